The zero-order valence-corrected chi connectivity index (χ0v) is 15.4. The summed E-state index contributed by atoms with van der Waals surface area (Å²) < 4.78 is 31.8. The van der Waals surface area contributed by atoms with E-state index in [0.29, 0.717) is 36.2 Å². The lowest BCUT2D eigenvalue weighted by Gasteiger charge is -2.35. The molecule has 1 fully saturated rings. The highest BCUT2D eigenvalue weighted by atomic mass is 35.5. The monoisotopic (exact) mass is 395 g/mol. The fraction of sp³-hybridized carbons (Fsp3) is 0.250. The Hall–Kier alpha value is -1.74. The Kier molecular flexibility index (Phi) is 4.36. The van der Waals surface area contributed by atoms with Crippen LogP contribution in [0.25, 0.3) is 0 Å². The van der Waals surface area contributed by atoms with Crippen molar-refractivity contribution in [2.45, 2.75) is 17.2 Å². The zero-order valence-electron chi connectivity index (χ0n) is 13.0. The molecular weight excluding hydrogens is 382 g/mol. The quantitative estimate of drug-likeness (QED) is 0.663. The lowest BCUT2D eigenvalue weighted by molar-refractivity contribution is 0.216. The van der Waals surface area contributed by atoms with E-state index in [2.05, 4.69) is 10.1 Å². The molecule has 0 bridgehead atoms. The van der Waals surface area contributed by atoms with Crippen molar-refractivity contribution in [3.05, 3.63) is 63.4 Å². The van der Waals surface area contributed by atoms with Crippen LogP contribution in [0.5, 0.6) is 0 Å². The van der Waals surface area contributed by atoms with Crippen LogP contribution in [0.3, 0.4) is 0 Å². The summed E-state index contributed by atoms with van der Waals surface area (Å²) in [6.45, 7) is 0.658. The van der Waals surface area contributed by atoms with Gasteiger partial charge in [0.05, 0.1) is 10.8 Å². The Morgan fingerprint density at radius 1 is 1.28 bits per heavy atom. The molecular formula is C16H14ClN3O3S2. The molecule has 9 heteroatoms. The lowest BCUT2D eigenvalue weighted by Crippen LogP contribution is -2.48. The number of benzene rings is 1. The van der Waals surface area contributed by atoms with Gasteiger partial charge < -0.3 is 4.52 Å². The molecule has 1 aromatic carbocycles. The largest absolute Gasteiger partial charge is 0.339 e. The highest BCUT2D eigenvalue weighted by molar-refractivity contribution is 7.89. The Morgan fingerprint density at radius 2 is 2.12 bits per heavy atom. The van der Waals surface area contributed by atoms with E-state index in [1.165, 1.54) is 10.4 Å². The Morgan fingerprint density at radius 3 is 2.84 bits per heavy atom. The zero-order chi connectivity index (χ0) is 17.4. The SMILES string of the molecule is O=S(=O)(c1cccc(Cl)c1)N1CC(c2nc(Cc3cccs3)no2)C1. The predicted octanol–water partition coefficient (Wildman–Crippen LogP) is 3.16. The highest BCUT2D eigenvalue weighted by Gasteiger charge is 2.40. The molecule has 0 unspecified atom stereocenters. The van der Waals surface area contributed by atoms with Crippen molar-refractivity contribution >= 4 is 33.0 Å². The first-order valence-electron chi connectivity index (χ1n) is 7.63. The first-order valence-corrected chi connectivity index (χ1v) is 10.3. The number of thiophene rings is 1. The van der Waals surface area contributed by atoms with E-state index in [4.69, 9.17) is 16.1 Å². The van der Waals surface area contributed by atoms with Crippen LogP contribution in [-0.4, -0.2) is 36.0 Å². The van der Waals surface area contributed by atoms with Crippen molar-refractivity contribution in [3.63, 3.8) is 0 Å². The number of halogens is 1. The highest BCUT2D eigenvalue weighted by Crippen LogP contribution is 2.32. The molecule has 0 atom stereocenters. The Bertz CT molecular complexity index is 980. The molecule has 3 heterocycles. The van der Waals surface area contributed by atoms with Gasteiger partial charge in [-0.3, -0.25) is 0 Å². The van der Waals surface area contributed by atoms with Gasteiger partial charge in [-0.2, -0.15) is 9.29 Å². The van der Waals surface area contributed by atoms with Crippen LogP contribution in [0.15, 0.2) is 51.2 Å². The molecule has 0 saturated carbocycles. The molecule has 0 spiro atoms. The lowest BCUT2D eigenvalue weighted by atomic mass is 10.0. The second-order valence-corrected chi connectivity index (χ2v) is 9.19. The summed E-state index contributed by atoms with van der Waals surface area (Å²) in [4.78, 5) is 5.75. The first-order chi connectivity index (χ1) is 12.0. The molecule has 1 aliphatic heterocycles. The molecule has 0 aliphatic carbocycles. The maximum atomic E-state index is 12.6. The molecule has 3 aromatic rings. The van der Waals surface area contributed by atoms with E-state index in [1.54, 1.807) is 29.5 Å². The minimum absolute atomic E-state index is 0.0708. The number of sulfonamides is 1. The average Bonchev–Trinajstić information content (AvgIpc) is 3.18. The summed E-state index contributed by atoms with van der Waals surface area (Å²) in [5, 5.41) is 6.38. The normalized spacial score (nSPS) is 16.0. The summed E-state index contributed by atoms with van der Waals surface area (Å²) in [7, 11) is -3.54. The second-order valence-electron chi connectivity index (χ2n) is 5.78. The molecule has 0 radical (unpaired) electrons. The first kappa shape index (κ1) is 16.7. The minimum Gasteiger partial charge on any atom is -0.339 e. The van der Waals surface area contributed by atoms with Gasteiger partial charge in [-0.05, 0) is 29.6 Å². The Labute approximate surface area is 154 Å². The molecule has 0 N–H and O–H groups in total. The van der Waals surface area contributed by atoms with Gasteiger partial charge in [0, 0.05) is 29.4 Å². The van der Waals surface area contributed by atoms with Gasteiger partial charge in [-0.15, -0.1) is 11.3 Å². The maximum absolute atomic E-state index is 12.6. The third kappa shape index (κ3) is 3.35. The van der Waals surface area contributed by atoms with Crippen LogP contribution in [0.2, 0.25) is 5.02 Å². The van der Waals surface area contributed by atoms with E-state index in [1.807, 2.05) is 17.5 Å². The molecule has 25 heavy (non-hydrogen) atoms. The van der Waals surface area contributed by atoms with Gasteiger partial charge in [-0.25, -0.2) is 8.42 Å². The molecule has 1 aliphatic rings. The van der Waals surface area contributed by atoms with E-state index in [9.17, 15) is 8.42 Å². The number of rotatable bonds is 5. The van der Waals surface area contributed by atoms with Gasteiger partial charge in [0.2, 0.25) is 15.9 Å². The average molecular weight is 396 g/mol. The maximum Gasteiger partial charge on any atom is 0.243 e. The second kappa shape index (κ2) is 6.53. The molecule has 1 saturated heterocycles. The van der Waals surface area contributed by atoms with Crippen LogP contribution in [-0.2, 0) is 16.4 Å². The van der Waals surface area contributed by atoms with Crippen molar-refractivity contribution in [3.8, 4) is 0 Å². The standard InChI is InChI=1S/C16H14ClN3O3S2/c17-12-3-1-5-14(7-12)25(21,22)20-9-11(10-20)16-18-15(19-23-16)8-13-4-2-6-24-13/h1-7,11H,8-10H2. The summed E-state index contributed by atoms with van der Waals surface area (Å²) in [6.07, 6.45) is 0.623. The number of hydrogen-bond acceptors (Lipinski definition) is 6. The van der Waals surface area contributed by atoms with Gasteiger partial charge in [0.15, 0.2) is 5.82 Å². The van der Waals surface area contributed by atoms with Crippen LogP contribution in [0, 0.1) is 0 Å². The molecule has 0 amide bonds. The molecule has 6 nitrogen and oxygen atoms in total. The number of aromatic nitrogens is 2. The number of hydrogen-bond donors (Lipinski definition) is 0. The van der Waals surface area contributed by atoms with E-state index >= 15 is 0 Å². The minimum atomic E-state index is -3.54. The molecule has 2 aromatic heterocycles. The molecule has 4 rings (SSSR count). The van der Waals surface area contributed by atoms with Crippen LogP contribution in [0.1, 0.15) is 22.5 Å². The summed E-state index contributed by atoms with van der Waals surface area (Å²) in [5.74, 6) is 1.04. The van der Waals surface area contributed by atoms with E-state index < -0.39 is 10.0 Å². The number of nitrogens with zero attached hydrogens (tertiary/aromatic N) is 3. The van der Waals surface area contributed by atoms with E-state index in [-0.39, 0.29) is 10.8 Å². The van der Waals surface area contributed by atoms with Crippen molar-refractivity contribution in [1.82, 2.24) is 14.4 Å². The summed E-state index contributed by atoms with van der Waals surface area (Å²) in [5.41, 5.74) is 0. The van der Waals surface area contributed by atoms with Crippen molar-refractivity contribution in [1.29, 1.82) is 0 Å². The van der Waals surface area contributed by atoms with Gasteiger partial charge in [0.25, 0.3) is 0 Å². The van der Waals surface area contributed by atoms with Crippen molar-refractivity contribution in [2.75, 3.05) is 13.1 Å². The fourth-order valence-corrected chi connectivity index (χ4v) is 5.17. The van der Waals surface area contributed by atoms with E-state index in [0.717, 1.165) is 4.88 Å². The third-order valence-electron chi connectivity index (χ3n) is 4.03. The topological polar surface area (TPSA) is 76.3 Å². The third-order valence-corrected chi connectivity index (χ3v) is 6.97. The van der Waals surface area contributed by atoms with Crippen LogP contribution in [0.4, 0.5) is 0 Å². The van der Waals surface area contributed by atoms with Gasteiger partial charge in [0.1, 0.15) is 0 Å². The molecule has 130 valence electrons. The van der Waals surface area contributed by atoms with Crippen LogP contribution >= 0.6 is 22.9 Å². The Balaban J connectivity index is 1.43. The van der Waals surface area contributed by atoms with Gasteiger partial charge >= 0.3 is 0 Å². The predicted molar refractivity (Wildman–Crippen MR) is 94.4 cm³/mol. The van der Waals surface area contributed by atoms with Crippen molar-refractivity contribution in [2.24, 2.45) is 0 Å². The fourth-order valence-electron chi connectivity index (χ4n) is 2.64. The smallest absolute Gasteiger partial charge is 0.243 e. The van der Waals surface area contributed by atoms with Crippen LogP contribution < -0.4 is 0 Å². The summed E-state index contributed by atoms with van der Waals surface area (Å²) >= 11 is 7.52. The summed E-state index contributed by atoms with van der Waals surface area (Å²) in [6, 6.07) is 10.3. The van der Waals surface area contributed by atoms with Crippen molar-refractivity contribution < 1.29 is 12.9 Å². The van der Waals surface area contributed by atoms with Gasteiger partial charge in [-0.1, -0.05) is 28.9 Å².